The Hall–Kier alpha value is -3.59. The molecule has 1 saturated heterocycles. The van der Waals surface area contributed by atoms with Gasteiger partial charge in [-0.15, -0.1) is 0 Å². The minimum absolute atomic E-state index is 0.0602. The average molecular weight is 508 g/mol. The number of hydrogen-bond donors (Lipinski definition) is 2. The number of ether oxygens (including phenoxy) is 1. The molecule has 0 aliphatic carbocycles. The predicted octanol–water partition coefficient (Wildman–Crippen LogP) is 2.59. The molecule has 2 aromatic carbocycles. The van der Waals surface area contributed by atoms with Gasteiger partial charge < -0.3 is 19.9 Å². The van der Waals surface area contributed by atoms with E-state index in [4.69, 9.17) is 4.74 Å². The number of unbranched alkanes of at least 4 members (excludes halogenated alkanes) is 2. The van der Waals surface area contributed by atoms with Gasteiger partial charge in [0.15, 0.2) is 0 Å². The number of carbonyl (C=O) groups is 1. The number of aromatic nitrogens is 2. The lowest BCUT2D eigenvalue weighted by atomic mass is 10.2. The molecule has 2 heterocycles. The quantitative estimate of drug-likeness (QED) is 0.366. The number of fused-ring (bicyclic) bond motifs is 1. The Labute approximate surface area is 217 Å². The van der Waals surface area contributed by atoms with Crippen LogP contribution >= 0.6 is 0 Å². The van der Waals surface area contributed by atoms with E-state index in [1.807, 2.05) is 12.1 Å². The van der Waals surface area contributed by atoms with E-state index in [0.29, 0.717) is 36.8 Å². The number of methoxy groups -OCH3 is 1. The Balaban J connectivity index is 1.06. The second kappa shape index (κ2) is 13.1. The molecule has 1 fully saturated rings. The van der Waals surface area contributed by atoms with Crippen LogP contribution in [0.2, 0.25) is 0 Å². The summed E-state index contributed by atoms with van der Waals surface area (Å²) in [6, 6.07) is 15.2. The number of nitrogens with one attached hydrogen (secondary N) is 2. The second-order valence-electron chi connectivity index (χ2n) is 9.47. The third-order valence-electron chi connectivity index (χ3n) is 6.96. The molecule has 9 heteroatoms. The molecule has 0 unspecified atom stereocenters. The smallest absolute Gasteiger partial charge is 0.328 e. The molecule has 2 N–H and O–H groups in total. The Morgan fingerprint density at radius 3 is 2.43 bits per heavy atom. The van der Waals surface area contributed by atoms with Crippen molar-refractivity contribution in [1.29, 1.82) is 0 Å². The van der Waals surface area contributed by atoms with Gasteiger partial charge in [-0.25, -0.2) is 4.79 Å². The van der Waals surface area contributed by atoms with E-state index in [2.05, 4.69) is 32.2 Å². The fraction of sp³-hybridized carbons (Fsp3) is 0.464. The Bertz CT molecular complexity index is 1280. The number of H-pyrrole nitrogens is 1. The summed E-state index contributed by atoms with van der Waals surface area (Å²) in [5, 5.41) is 3.53. The van der Waals surface area contributed by atoms with Crippen molar-refractivity contribution < 1.29 is 9.53 Å². The van der Waals surface area contributed by atoms with E-state index in [1.54, 1.807) is 31.4 Å². The van der Waals surface area contributed by atoms with E-state index < -0.39 is 0 Å². The van der Waals surface area contributed by atoms with Crippen LogP contribution < -0.4 is 26.2 Å². The summed E-state index contributed by atoms with van der Waals surface area (Å²) in [4.78, 5) is 44.6. The van der Waals surface area contributed by atoms with Gasteiger partial charge in [0.2, 0.25) is 5.91 Å². The molecular weight excluding hydrogens is 470 g/mol. The second-order valence-corrected chi connectivity index (χ2v) is 9.47. The summed E-state index contributed by atoms with van der Waals surface area (Å²) in [5.74, 6) is 0.934. The van der Waals surface area contributed by atoms with Gasteiger partial charge in [0.25, 0.3) is 5.56 Å². The highest BCUT2D eigenvalue weighted by Gasteiger charge is 2.17. The molecule has 4 rings (SSSR count). The van der Waals surface area contributed by atoms with Gasteiger partial charge in [-0.3, -0.25) is 19.1 Å². The highest BCUT2D eigenvalue weighted by Crippen LogP contribution is 2.20. The molecule has 1 aliphatic heterocycles. The zero-order valence-corrected chi connectivity index (χ0v) is 21.6. The van der Waals surface area contributed by atoms with Crippen molar-refractivity contribution in [1.82, 2.24) is 19.8 Å². The Morgan fingerprint density at radius 1 is 0.919 bits per heavy atom. The van der Waals surface area contributed by atoms with Crippen molar-refractivity contribution in [2.45, 2.75) is 38.6 Å². The number of hydrogen-bond acceptors (Lipinski definition) is 6. The minimum atomic E-state index is -0.386. The van der Waals surface area contributed by atoms with Crippen LogP contribution in [0.1, 0.15) is 32.1 Å². The van der Waals surface area contributed by atoms with Crippen molar-refractivity contribution in [3.63, 3.8) is 0 Å². The molecule has 1 amide bonds. The maximum atomic E-state index is 12.6. The van der Waals surface area contributed by atoms with Crippen molar-refractivity contribution in [3.05, 3.63) is 69.4 Å². The van der Waals surface area contributed by atoms with Crippen LogP contribution in [0, 0.1) is 0 Å². The molecule has 1 aliphatic rings. The van der Waals surface area contributed by atoms with Crippen LogP contribution in [0.4, 0.5) is 5.69 Å². The maximum absolute atomic E-state index is 12.6. The van der Waals surface area contributed by atoms with Crippen molar-refractivity contribution in [3.8, 4) is 5.75 Å². The molecule has 9 nitrogen and oxygen atoms in total. The summed E-state index contributed by atoms with van der Waals surface area (Å²) in [6.07, 6.45) is 3.59. The number of amides is 1. The van der Waals surface area contributed by atoms with Crippen molar-refractivity contribution in [2.75, 3.05) is 51.3 Å². The number of rotatable bonds is 12. The molecule has 3 aromatic rings. The molecule has 0 spiro atoms. The number of nitrogens with zero attached hydrogens (tertiary/aromatic N) is 3. The van der Waals surface area contributed by atoms with E-state index in [0.717, 1.165) is 57.7 Å². The Morgan fingerprint density at radius 2 is 1.68 bits per heavy atom. The number of anilines is 1. The summed E-state index contributed by atoms with van der Waals surface area (Å²) < 4.78 is 6.48. The first kappa shape index (κ1) is 26.5. The summed E-state index contributed by atoms with van der Waals surface area (Å²) in [5.41, 5.74) is 1.13. The maximum Gasteiger partial charge on any atom is 0.328 e. The minimum Gasteiger partial charge on any atom is -0.497 e. The fourth-order valence-electron chi connectivity index (χ4n) is 4.78. The van der Waals surface area contributed by atoms with E-state index in [9.17, 15) is 14.4 Å². The molecule has 1 aromatic heterocycles. The van der Waals surface area contributed by atoms with Gasteiger partial charge in [-0.05, 0) is 62.2 Å². The SMILES string of the molecule is COc1ccc(N2CCN(CCCNC(=O)CCCCCn3c(=O)[nH]c4ccccc4c3=O)CC2)cc1. The molecular formula is C28H37N5O4. The lowest BCUT2D eigenvalue weighted by Gasteiger charge is -2.36. The molecule has 0 saturated carbocycles. The van der Waals surface area contributed by atoms with Crippen LogP contribution in [0.5, 0.6) is 5.75 Å². The number of para-hydroxylation sites is 1. The number of benzene rings is 2. The largest absolute Gasteiger partial charge is 0.497 e. The molecule has 0 radical (unpaired) electrons. The number of carbonyl (C=O) groups excluding carboxylic acids is 1. The van der Waals surface area contributed by atoms with E-state index >= 15 is 0 Å². The van der Waals surface area contributed by atoms with Gasteiger partial charge in [-0.1, -0.05) is 18.6 Å². The van der Waals surface area contributed by atoms with Crippen LogP contribution in [0.3, 0.4) is 0 Å². The lowest BCUT2D eigenvalue weighted by molar-refractivity contribution is -0.121. The van der Waals surface area contributed by atoms with Crippen LogP contribution in [0.15, 0.2) is 58.1 Å². The van der Waals surface area contributed by atoms with Crippen LogP contribution in [0.25, 0.3) is 10.9 Å². The lowest BCUT2D eigenvalue weighted by Crippen LogP contribution is -2.47. The summed E-state index contributed by atoms with van der Waals surface area (Å²) in [7, 11) is 1.68. The third-order valence-corrected chi connectivity index (χ3v) is 6.96. The van der Waals surface area contributed by atoms with Gasteiger partial charge in [0.05, 0.1) is 18.0 Å². The third kappa shape index (κ3) is 7.22. The predicted molar refractivity (Wildman–Crippen MR) is 147 cm³/mol. The van der Waals surface area contributed by atoms with Gasteiger partial charge >= 0.3 is 5.69 Å². The summed E-state index contributed by atoms with van der Waals surface area (Å²) >= 11 is 0. The standard InChI is InChI=1S/C28H37N5O4/c1-37-23-13-11-22(12-14-23)32-20-18-31(19-21-32)16-7-15-29-26(34)10-3-2-6-17-33-27(35)24-8-4-5-9-25(24)30-28(33)36/h4-5,8-9,11-14H,2-3,6-7,10,15-21H2,1H3,(H,29,34)(H,30,36). The normalized spacial score (nSPS) is 14.1. The van der Waals surface area contributed by atoms with E-state index in [-0.39, 0.29) is 17.2 Å². The fourth-order valence-corrected chi connectivity index (χ4v) is 4.78. The molecule has 198 valence electrons. The molecule has 37 heavy (non-hydrogen) atoms. The van der Waals surface area contributed by atoms with Gasteiger partial charge in [0, 0.05) is 51.4 Å². The number of aromatic amines is 1. The highest BCUT2D eigenvalue weighted by atomic mass is 16.5. The zero-order valence-electron chi connectivity index (χ0n) is 21.6. The summed E-state index contributed by atoms with van der Waals surface area (Å²) in [6.45, 7) is 6.04. The van der Waals surface area contributed by atoms with Crippen molar-refractivity contribution in [2.24, 2.45) is 0 Å². The molecule has 0 bridgehead atoms. The Kier molecular flexibility index (Phi) is 9.37. The number of piperazine rings is 1. The highest BCUT2D eigenvalue weighted by molar-refractivity contribution is 5.77. The zero-order chi connectivity index (χ0) is 26.0. The van der Waals surface area contributed by atoms with Crippen molar-refractivity contribution >= 4 is 22.5 Å². The monoisotopic (exact) mass is 507 g/mol. The van der Waals surface area contributed by atoms with E-state index in [1.165, 1.54) is 10.3 Å². The van der Waals surface area contributed by atoms with Gasteiger partial charge in [-0.2, -0.15) is 0 Å². The topological polar surface area (TPSA) is 99.7 Å². The average Bonchev–Trinajstić information content (AvgIpc) is 2.93. The first-order valence-electron chi connectivity index (χ1n) is 13.1. The van der Waals surface area contributed by atoms with Crippen LogP contribution in [-0.4, -0.2) is 66.7 Å². The first-order chi connectivity index (χ1) is 18.0. The first-order valence-corrected chi connectivity index (χ1v) is 13.1. The van der Waals surface area contributed by atoms with Crippen LogP contribution in [-0.2, 0) is 11.3 Å². The van der Waals surface area contributed by atoms with Gasteiger partial charge in [0.1, 0.15) is 5.75 Å². The molecule has 0 atom stereocenters.